The Morgan fingerprint density at radius 2 is 1.14 bits per heavy atom. The van der Waals surface area contributed by atoms with Crippen LogP contribution in [-0.4, -0.2) is 11.0 Å². The average molecular weight is 120 g/mol. The minimum Gasteiger partial charge on any atom is -0.0864 e. The summed E-state index contributed by atoms with van der Waals surface area (Å²) in [5, 5.41) is 0. The number of rotatable bonds is 2. The second-order valence-electron chi connectivity index (χ2n) is 0.485. The fourth-order valence-electron chi connectivity index (χ4n) is 0.0467. The molecule has 0 aromatic carbocycles. The Hall–Kier alpha value is -0.400. The Morgan fingerprint density at radius 3 is 1.14 bits per heavy atom. The molecule has 0 rings (SSSR count). The lowest BCUT2D eigenvalue weighted by Crippen LogP contribution is -2.10. The summed E-state index contributed by atoms with van der Waals surface area (Å²) in [6, 6.07) is 0. The minimum atomic E-state index is -2.12. The summed E-state index contributed by atoms with van der Waals surface area (Å²) in [7, 11) is 0. The SMILES string of the molecule is FN(F)ON(F)F. The standard InChI is InChI=1S/F4N2O/c1-5(2)7-6(3)4. The third kappa shape index (κ3) is 5.60. The van der Waals surface area contributed by atoms with Gasteiger partial charge in [0.1, 0.15) is 0 Å². The molecule has 0 heterocycles. The topological polar surface area (TPSA) is 15.7 Å². The van der Waals surface area contributed by atoms with Gasteiger partial charge in [0.15, 0.2) is 11.0 Å². The molecule has 0 bridgehead atoms. The lowest BCUT2D eigenvalue weighted by Gasteiger charge is -1.95. The molecule has 0 aliphatic rings. The first-order valence-electron chi connectivity index (χ1n) is 1.04. The van der Waals surface area contributed by atoms with Gasteiger partial charge < -0.3 is 0 Å². The molecule has 0 aromatic heterocycles. The molecule has 7 heavy (non-hydrogen) atoms. The summed E-state index contributed by atoms with van der Waals surface area (Å²) in [6.45, 7) is 0. The first kappa shape index (κ1) is 6.60. The predicted octanol–water partition coefficient (Wildman–Crippen LogP) is 0.975. The Kier molecular flexibility index (Phi) is 2.56. The highest BCUT2D eigenvalue weighted by atomic mass is 19.4. The molecule has 0 aliphatic heterocycles. The zero-order valence-electron chi connectivity index (χ0n) is 2.81. The van der Waals surface area contributed by atoms with Crippen molar-refractivity contribution in [3.05, 3.63) is 0 Å². The van der Waals surface area contributed by atoms with Crippen molar-refractivity contribution in [2.24, 2.45) is 0 Å². The molecular weight excluding hydrogens is 120 g/mol. The second-order valence-corrected chi connectivity index (χ2v) is 0.485. The van der Waals surface area contributed by atoms with Gasteiger partial charge in [0.05, 0.1) is 0 Å². The zero-order valence-corrected chi connectivity index (χ0v) is 2.81. The molecule has 44 valence electrons. The molecule has 0 aliphatic carbocycles. The number of hydrogen-bond acceptors (Lipinski definition) is 3. The highest BCUT2D eigenvalue weighted by Crippen LogP contribution is 1.97. The maximum absolute atomic E-state index is 10.4. The smallest absolute Gasteiger partial charge is 0.0864 e. The van der Waals surface area contributed by atoms with Crippen LogP contribution in [0.2, 0.25) is 0 Å². The molecule has 0 atom stereocenters. The largest absolute Gasteiger partial charge is 0.181 e. The van der Waals surface area contributed by atoms with Crippen LogP contribution >= 0.6 is 0 Å². The van der Waals surface area contributed by atoms with E-state index in [0.717, 1.165) is 0 Å². The fraction of sp³-hybridized carbons (Fsp3) is 0. The monoisotopic (exact) mass is 120 g/mol. The molecular formula is F4N2O. The van der Waals surface area contributed by atoms with Crippen molar-refractivity contribution in [2.45, 2.75) is 0 Å². The van der Waals surface area contributed by atoms with Gasteiger partial charge in [-0.15, -0.1) is 0 Å². The number of halogens is 4. The van der Waals surface area contributed by atoms with Crippen LogP contribution < -0.4 is 0 Å². The van der Waals surface area contributed by atoms with Crippen molar-refractivity contribution >= 4 is 0 Å². The Balaban J connectivity index is 2.95. The van der Waals surface area contributed by atoms with Crippen LogP contribution in [0.1, 0.15) is 0 Å². The van der Waals surface area contributed by atoms with Crippen LogP contribution in [0.3, 0.4) is 0 Å². The van der Waals surface area contributed by atoms with Crippen molar-refractivity contribution < 1.29 is 22.9 Å². The molecule has 0 spiro atoms. The summed E-state index contributed by atoms with van der Waals surface area (Å²) in [4.78, 5) is 2.25. The van der Waals surface area contributed by atoms with E-state index in [1.165, 1.54) is 0 Å². The third-order valence-corrected chi connectivity index (χ3v) is 0.123. The molecule has 0 saturated heterocycles. The van der Waals surface area contributed by atoms with E-state index in [4.69, 9.17) is 0 Å². The van der Waals surface area contributed by atoms with Gasteiger partial charge in [-0.25, -0.2) is 0 Å². The highest BCUT2D eigenvalue weighted by molar-refractivity contribution is 3.50. The van der Waals surface area contributed by atoms with Gasteiger partial charge in [0.25, 0.3) is 0 Å². The Bertz CT molecular complexity index is 39.0. The molecule has 3 nitrogen and oxygen atoms in total. The van der Waals surface area contributed by atoms with E-state index in [0.29, 0.717) is 0 Å². The molecule has 0 aromatic rings. The fourth-order valence-corrected chi connectivity index (χ4v) is 0.0467. The van der Waals surface area contributed by atoms with Crippen LogP contribution in [0.25, 0.3) is 0 Å². The second kappa shape index (κ2) is 2.72. The van der Waals surface area contributed by atoms with Gasteiger partial charge in [-0.2, -0.15) is 0 Å². The lowest BCUT2D eigenvalue weighted by atomic mass is 13.0. The van der Waals surface area contributed by atoms with Crippen LogP contribution in [0.15, 0.2) is 0 Å². The van der Waals surface area contributed by atoms with Crippen molar-refractivity contribution in [2.75, 3.05) is 0 Å². The molecule has 0 amide bonds. The van der Waals surface area contributed by atoms with E-state index in [9.17, 15) is 17.9 Å². The molecule has 7 heteroatoms. The van der Waals surface area contributed by atoms with E-state index >= 15 is 0 Å². The Labute approximate surface area is 35.3 Å². The first-order valence-corrected chi connectivity index (χ1v) is 1.04. The summed E-state index contributed by atoms with van der Waals surface area (Å²) in [6.07, 6.45) is 0. The van der Waals surface area contributed by atoms with E-state index in [2.05, 4.69) is 4.94 Å². The van der Waals surface area contributed by atoms with Gasteiger partial charge in [0, 0.05) is 0 Å². The average Bonchev–Trinajstić information content (AvgIpc) is 1.27. The van der Waals surface area contributed by atoms with Gasteiger partial charge >= 0.3 is 0 Å². The van der Waals surface area contributed by atoms with Gasteiger partial charge in [-0.3, -0.25) is 0 Å². The van der Waals surface area contributed by atoms with E-state index < -0.39 is 11.0 Å². The molecule has 0 radical (unpaired) electrons. The molecule has 0 unspecified atom stereocenters. The summed E-state index contributed by atoms with van der Waals surface area (Å²) in [5.41, 5.74) is -4.25. The first-order chi connectivity index (χ1) is 3.13. The maximum atomic E-state index is 10.4. The third-order valence-electron chi connectivity index (χ3n) is 0.123. The quantitative estimate of drug-likeness (QED) is 0.307. The van der Waals surface area contributed by atoms with Crippen molar-refractivity contribution in [3.8, 4) is 0 Å². The Morgan fingerprint density at radius 1 is 0.857 bits per heavy atom. The van der Waals surface area contributed by atoms with Gasteiger partial charge in [-0.1, -0.05) is 22.9 Å². The zero-order chi connectivity index (χ0) is 5.86. The number of hydrogen-bond donors (Lipinski definition) is 0. The van der Waals surface area contributed by atoms with Crippen molar-refractivity contribution in [3.63, 3.8) is 0 Å². The summed E-state index contributed by atoms with van der Waals surface area (Å²) >= 11 is 0. The molecule has 0 fully saturated rings. The number of nitrogens with zero attached hydrogens (tertiary/aromatic N) is 2. The molecule has 0 saturated carbocycles. The van der Waals surface area contributed by atoms with Crippen LogP contribution in [0, 0.1) is 0 Å². The van der Waals surface area contributed by atoms with Crippen LogP contribution in [0.5, 0.6) is 0 Å². The van der Waals surface area contributed by atoms with Crippen molar-refractivity contribution in [1.82, 2.24) is 11.0 Å². The highest BCUT2D eigenvalue weighted by Gasteiger charge is 2.06. The van der Waals surface area contributed by atoms with E-state index in [1.54, 1.807) is 0 Å². The summed E-state index contributed by atoms with van der Waals surface area (Å²) in [5.74, 6) is 0. The van der Waals surface area contributed by atoms with Gasteiger partial charge in [0.2, 0.25) is 0 Å². The van der Waals surface area contributed by atoms with E-state index in [-0.39, 0.29) is 0 Å². The summed E-state index contributed by atoms with van der Waals surface area (Å²) < 4.78 is 41.5. The molecule has 0 N–H and O–H groups in total. The minimum absolute atomic E-state index is 2.12. The van der Waals surface area contributed by atoms with Crippen LogP contribution in [-0.2, 0) is 4.94 Å². The lowest BCUT2D eigenvalue weighted by molar-refractivity contribution is -0.565. The van der Waals surface area contributed by atoms with Crippen molar-refractivity contribution in [1.29, 1.82) is 0 Å². The maximum Gasteiger partial charge on any atom is 0.181 e. The normalized spacial score (nSPS) is 11.1. The predicted molar refractivity (Wildman–Crippen MR) is 9.20 cm³/mol. The van der Waals surface area contributed by atoms with Gasteiger partial charge in [-0.05, 0) is 0 Å². The van der Waals surface area contributed by atoms with E-state index in [1.807, 2.05) is 0 Å². The van der Waals surface area contributed by atoms with Crippen LogP contribution in [0.4, 0.5) is 17.9 Å².